The number of halogens is 1. The van der Waals surface area contributed by atoms with E-state index in [0.29, 0.717) is 28.5 Å². The number of amides is 2. The van der Waals surface area contributed by atoms with Gasteiger partial charge in [-0.3, -0.25) is 20.4 Å². The van der Waals surface area contributed by atoms with Gasteiger partial charge in [-0.2, -0.15) is 0 Å². The van der Waals surface area contributed by atoms with E-state index in [-0.39, 0.29) is 19.3 Å². The van der Waals surface area contributed by atoms with Crippen molar-refractivity contribution in [2.45, 2.75) is 6.42 Å². The lowest BCUT2D eigenvalue weighted by atomic mass is 9.96. The molecule has 0 fully saturated rings. The Morgan fingerprint density at radius 3 is 2.65 bits per heavy atom. The third-order valence-electron chi connectivity index (χ3n) is 4.23. The highest BCUT2D eigenvalue weighted by atomic mass is 35.5. The fourth-order valence-electron chi connectivity index (χ4n) is 2.86. The minimum absolute atomic E-state index is 0.129. The highest BCUT2D eigenvalue weighted by Crippen LogP contribution is 2.32. The lowest BCUT2D eigenvalue weighted by Crippen LogP contribution is -2.47. The molecule has 0 spiro atoms. The summed E-state index contributed by atoms with van der Waals surface area (Å²) in [6.45, 7) is 0.366. The van der Waals surface area contributed by atoms with E-state index in [1.54, 1.807) is 36.4 Å². The molecule has 2 heterocycles. The lowest BCUT2D eigenvalue weighted by molar-refractivity contribution is -0.127. The van der Waals surface area contributed by atoms with Gasteiger partial charge >= 0.3 is 0 Å². The Bertz CT molecular complexity index is 886. The highest BCUT2D eigenvalue weighted by Gasteiger charge is 2.26. The zero-order valence-corrected chi connectivity index (χ0v) is 14.3. The Kier molecular flexibility index (Phi) is 4.30. The monoisotopic (exact) mass is 374 g/mol. The lowest BCUT2D eigenvalue weighted by Gasteiger charge is -2.24. The van der Waals surface area contributed by atoms with E-state index in [1.165, 1.54) is 0 Å². The van der Waals surface area contributed by atoms with E-state index in [0.717, 1.165) is 11.3 Å². The maximum Gasteiger partial charge on any atom is 0.269 e. The molecule has 134 valence electrons. The van der Waals surface area contributed by atoms with Crippen molar-refractivity contribution in [3.8, 4) is 17.2 Å². The van der Waals surface area contributed by atoms with Crippen molar-refractivity contribution in [2.24, 2.45) is 5.92 Å². The highest BCUT2D eigenvalue weighted by molar-refractivity contribution is 6.30. The zero-order valence-electron chi connectivity index (χ0n) is 13.6. The number of nitrogens with one attached hydrogen (secondary N) is 2. The van der Waals surface area contributed by atoms with E-state index < -0.39 is 11.8 Å². The standard InChI is InChI=1S/C18H15ClN2O5/c19-13-2-4-14-11(6-13)5-12(8-24-14)18(23)21-20-17(22)10-1-3-15-16(7-10)26-9-25-15/h1-4,6-7,12H,5,8-9H2,(H,20,22)(H,21,23)/t12-/m0/s1. The van der Waals surface area contributed by atoms with Crippen LogP contribution in [0.2, 0.25) is 5.02 Å². The number of carbonyl (C=O) groups is 2. The second-order valence-electron chi connectivity index (χ2n) is 5.98. The van der Waals surface area contributed by atoms with Crippen molar-refractivity contribution < 1.29 is 23.8 Å². The molecule has 2 amide bonds. The van der Waals surface area contributed by atoms with Crippen LogP contribution in [-0.2, 0) is 11.2 Å². The maximum atomic E-state index is 12.3. The predicted molar refractivity (Wildman–Crippen MR) is 92.3 cm³/mol. The van der Waals surface area contributed by atoms with Gasteiger partial charge < -0.3 is 14.2 Å². The van der Waals surface area contributed by atoms with Gasteiger partial charge in [0.15, 0.2) is 11.5 Å². The molecular weight excluding hydrogens is 360 g/mol. The van der Waals surface area contributed by atoms with Crippen molar-refractivity contribution in [2.75, 3.05) is 13.4 Å². The van der Waals surface area contributed by atoms with Crippen LogP contribution in [0.3, 0.4) is 0 Å². The van der Waals surface area contributed by atoms with Gasteiger partial charge in [0.05, 0.1) is 5.92 Å². The van der Waals surface area contributed by atoms with Gasteiger partial charge in [0.1, 0.15) is 12.4 Å². The smallest absolute Gasteiger partial charge is 0.269 e. The summed E-state index contributed by atoms with van der Waals surface area (Å²) in [6.07, 6.45) is 0.488. The van der Waals surface area contributed by atoms with Crippen LogP contribution >= 0.6 is 11.6 Å². The van der Waals surface area contributed by atoms with Gasteiger partial charge in [-0.1, -0.05) is 11.6 Å². The van der Waals surface area contributed by atoms with Crippen molar-refractivity contribution >= 4 is 23.4 Å². The summed E-state index contributed by atoms with van der Waals surface area (Å²) >= 11 is 5.98. The van der Waals surface area contributed by atoms with Gasteiger partial charge in [0.25, 0.3) is 5.91 Å². The fraction of sp³-hybridized carbons (Fsp3) is 0.222. The van der Waals surface area contributed by atoms with Crippen molar-refractivity contribution in [3.05, 3.63) is 52.5 Å². The molecule has 0 radical (unpaired) electrons. The number of ether oxygens (including phenoxy) is 3. The molecule has 0 saturated carbocycles. The minimum Gasteiger partial charge on any atom is -0.492 e. The molecule has 2 aromatic rings. The first-order valence-corrected chi connectivity index (χ1v) is 8.39. The molecule has 0 bridgehead atoms. The number of hydrazine groups is 1. The Balaban J connectivity index is 1.36. The fourth-order valence-corrected chi connectivity index (χ4v) is 3.06. The molecule has 0 aliphatic carbocycles. The second kappa shape index (κ2) is 6.76. The summed E-state index contributed by atoms with van der Waals surface area (Å²) in [5.41, 5.74) is 6.07. The topological polar surface area (TPSA) is 85.9 Å². The number of hydrogen-bond acceptors (Lipinski definition) is 5. The Labute approximate surface area is 154 Å². The van der Waals surface area contributed by atoms with E-state index in [4.69, 9.17) is 25.8 Å². The van der Waals surface area contributed by atoms with E-state index in [1.807, 2.05) is 0 Å². The summed E-state index contributed by atoms with van der Waals surface area (Å²) in [6, 6.07) is 10.1. The summed E-state index contributed by atoms with van der Waals surface area (Å²) < 4.78 is 16.0. The molecule has 7 nitrogen and oxygen atoms in total. The molecule has 8 heteroatoms. The Morgan fingerprint density at radius 1 is 0.962 bits per heavy atom. The molecule has 0 aromatic heterocycles. The first-order chi connectivity index (χ1) is 12.6. The molecule has 0 saturated heterocycles. The number of rotatable bonds is 2. The van der Waals surface area contributed by atoms with Crippen molar-refractivity contribution in [1.82, 2.24) is 10.9 Å². The molecule has 26 heavy (non-hydrogen) atoms. The average molecular weight is 375 g/mol. The summed E-state index contributed by atoms with van der Waals surface area (Å²) in [4.78, 5) is 24.5. The summed E-state index contributed by atoms with van der Waals surface area (Å²) in [7, 11) is 0. The minimum atomic E-state index is -0.447. The molecular formula is C18H15ClN2O5. The predicted octanol–water partition coefficient (Wildman–Crippen LogP) is 2.08. The third kappa shape index (κ3) is 3.25. The molecule has 0 unspecified atom stereocenters. The molecule has 4 rings (SSSR count). The van der Waals surface area contributed by atoms with E-state index >= 15 is 0 Å². The van der Waals surface area contributed by atoms with Crippen LogP contribution in [0.25, 0.3) is 0 Å². The normalized spacial score (nSPS) is 17.0. The largest absolute Gasteiger partial charge is 0.492 e. The van der Waals surface area contributed by atoms with Crippen LogP contribution in [0.4, 0.5) is 0 Å². The maximum absolute atomic E-state index is 12.3. The third-order valence-corrected chi connectivity index (χ3v) is 4.47. The van der Waals surface area contributed by atoms with Crippen LogP contribution in [0.1, 0.15) is 15.9 Å². The number of hydrogen-bond donors (Lipinski definition) is 2. The van der Waals surface area contributed by atoms with Crippen LogP contribution in [0, 0.1) is 5.92 Å². The van der Waals surface area contributed by atoms with Crippen LogP contribution in [-0.4, -0.2) is 25.2 Å². The molecule has 2 aliphatic heterocycles. The van der Waals surface area contributed by atoms with Gasteiger partial charge in [-0.05, 0) is 48.4 Å². The summed E-state index contributed by atoms with van der Waals surface area (Å²) in [5.74, 6) is 0.614. The number of fused-ring (bicyclic) bond motifs is 2. The molecule has 2 N–H and O–H groups in total. The van der Waals surface area contributed by atoms with Crippen molar-refractivity contribution in [3.63, 3.8) is 0 Å². The van der Waals surface area contributed by atoms with Crippen LogP contribution in [0.15, 0.2) is 36.4 Å². The SMILES string of the molecule is O=C(NNC(=O)[C@@H]1COc2ccc(Cl)cc2C1)c1ccc2c(c1)OCO2. The molecule has 2 aromatic carbocycles. The van der Waals surface area contributed by atoms with Crippen LogP contribution < -0.4 is 25.1 Å². The number of carbonyl (C=O) groups excluding carboxylic acids is 2. The van der Waals surface area contributed by atoms with Gasteiger partial charge in [-0.25, -0.2) is 0 Å². The first-order valence-electron chi connectivity index (χ1n) is 8.01. The molecule has 1 atom stereocenters. The van der Waals surface area contributed by atoms with Gasteiger partial charge in [-0.15, -0.1) is 0 Å². The van der Waals surface area contributed by atoms with Gasteiger partial charge in [0.2, 0.25) is 12.7 Å². The quantitative estimate of drug-likeness (QED) is 0.786. The van der Waals surface area contributed by atoms with Crippen molar-refractivity contribution in [1.29, 1.82) is 0 Å². The zero-order chi connectivity index (χ0) is 18.1. The first kappa shape index (κ1) is 16.5. The number of benzene rings is 2. The van der Waals surface area contributed by atoms with Gasteiger partial charge in [0, 0.05) is 10.6 Å². The average Bonchev–Trinajstić information content (AvgIpc) is 3.13. The Morgan fingerprint density at radius 2 is 1.77 bits per heavy atom. The summed E-state index contributed by atoms with van der Waals surface area (Å²) in [5, 5.41) is 0.588. The molecule has 2 aliphatic rings. The Hall–Kier alpha value is -2.93. The van der Waals surface area contributed by atoms with E-state index in [9.17, 15) is 9.59 Å². The van der Waals surface area contributed by atoms with Crippen LogP contribution in [0.5, 0.6) is 17.2 Å². The van der Waals surface area contributed by atoms with E-state index in [2.05, 4.69) is 10.9 Å². The second-order valence-corrected chi connectivity index (χ2v) is 6.41.